The molecule has 0 amide bonds. The van der Waals surface area contributed by atoms with Gasteiger partial charge in [0.1, 0.15) is 0 Å². The van der Waals surface area contributed by atoms with Crippen LogP contribution in [0.3, 0.4) is 0 Å². The van der Waals surface area contributed by atoms with Crippen molar-refractivity contribution in [1.29, 1.82) is 0 Å². The molecule has 0 spiro atoms. The smallest absolute Gasteiger partial charge is 0.157 e. The van der Waals surface area contributed by atoms with Crippen molar-refractivity contribution in [2.24, 2.45) is 0 Å². The lowest BCUT2D eigenvalue weighted by atomic mass is 10.1. The van der Waals surface area contributed by atoms with Crippen LogP contribution in [0.5, 0.6) is 0 Å². The standard InChI is InChI=1S/C8H15IO3/c1-10-6-3-4-8(11-2)12-7(6)5-9/h6-8H,3-5H2,1-2H3/t6-,7+,8-/m0/s1. The molecule has 4 heteroatoms. The number of hydrogen-bond acceptors (Lipinski definition) is 3. The molecule has 0 saturated carbocycles. The fourth-order valence-electron chi connectivity index (χ4n) is 1.42. The zero-order chi connectivity index (χ0) is 8.97. The van der Waals surface area contributed by atoms with Gasteiger partial charge < -0.3 is 14.2 Å². The number of hydrogen-bond donors (Lipinski definition) is 0. The Kier molecular flexibility index (Phi) is 4.78. The van der Waals surface area contributed by atoms with Crippen LogP contribution in [0.4, 0.5) is 0 Å². The second kappa shape index (κ2) is 5.36. The fourth-order valence-corrected chi connectivity index (χ4v) is 2.19. The summed E-state index contributed by atoms with van der Waals surface area (Å²) in [5, 5.41) is 0. The maximum Gasteiger partial charge on any atom is 0.157 e. The monoisotopic (exact) mass is 286 g/mol. The van der Waals surface area contributed by atoms with Gasteiger partial charge in [-0.1, -0.05) is 22.6 Å². The molecular formula is C8H15IO3. The van der Waals surface area contributed by atoms with Gasteiger partial charge in [-0.25, -0.2) is 0 Å². The van der Waals surface area contributed by atoms with E-state index < -0.39 is 0 Å². The summed E-state index contributed by atoms with van der Waals surface area (Å²) in [5.74, 6) is 0. The molecule has 1 saturated heterocycles. The molecule has 1 aliphatic rings. The Labute approximate surface area is 86.9 Å². The van der Waals surface area contributed by atoms with Crippen LogP contribution in [0.25, 0.3) is 0 Å². The van der Waals surface area contributed by atoms with Gasteiger partial charge in [-0.2, -0.15) is 0 Å². The summed E-state index contributed by atoms with van der Waals surface area (Å²) in [6.07, 6.45) is 2.36. The minimum Gasteiger partial charge on any atom is -0.379 e. The molecule has 3 nitrogen and oxygen atoms in total. The molecule has 0 aromatic carbocycles. The molecule has 0 aromatic rings. The zero-order valence-corrected chi connectivity index (χ0v) is 9.61. The van der Waals surface area contributed by atoms with Crippen LogP contribution in [-0.4, -0.2) is 37.1 Å². The van der Waals surface area contributed by atoms with Gasteiger partial charge in [0.25, 0.3) is 0 Å². The first-order chi connectivity index (χ1) is 5.81. The van der Waals surface area contributed by atoms with E-state index >= 15 is 0 Å². The molecule has 0 unspecified atom stereocenters. The number of rotatable bonds is 3. The van der Waals surface area contributed by atoms with Crippen molar-refractivity contribution < 1.29 is 14.2 Å². The third-order valence-electron chi connectivity index (χ3n) is 2.15. The number of methoxy groups -OCH3 is 2. The van der Waals surface area contributed by atoms with Crippen molar-refractivity contribution >= 4 is 22.6 Å². The highest BCUT2D eigenvalue weighted by atomic mass is 127. The first kappa shape index (κ1) is 10.7. The third kappa shape index (κ3) is 2.55. The van der Waals surface area contributed by atoms with E-state index in [2.05, 4.69) is 22.6 Å². The summed E-state index contributed by atoms with van der Waals surface area (Å²) < 4.78 is 17.0. The molecule has 0 aromatic heterocycles. The van der Waals surface area contributed by atoms with E-state index in [0.29, 0.717) is 0 Å². The van der Waals surface area contributed by atoms with Crippen molar-refractivity contribution in [3.05, 3.63) is 0 Å². The summed E-state index contributed by atoms with van der Waals surface area (Å²) in [6.45, 7) is 0. The van der Waals surface area contributed by atoms with E-state index in [1.165, 1.54) is 0 Å². The highest BCUT2D eigenvalue weighted by Crippen LogP contribution is 2.23. The Balaban J connectivity index is 2.41. The van der Waals surface area contributed by atoms with E-state index in [-0.39, 0.29) is 18.5 Å². The summed E-state index contributed by atoms with van der Waals surface area (Å²) in [4.78, 5) is 0. The van der Waals surface area contributed by atoms with Gasteiger partial charge in [-0.05, 0) is 6.42 Å². The summed E-state index contributed by atoms with van der Waals surface area (Å²) in [7, 11) is 3.42. The molecule has 12 heavy (non-hydrogen) atoms. The first-order valence-corrected chi connectivity index (χ1v) is 5.61. The van der Waals surface area contributed by atoms with E-state index in [1.54, 1.807) is 14.2 Å². The Morgan fingerprint density at radius 3 is 2.58 bits per heavy atom. The van der Waals surface area contributed by atoms with Crippen LogP contribution >= 0.6 is 22.6 Å². The molecule has 1 fully saturated rings. The molecule has 0 radical (unpaired) electrons. The van der Waals surface area contributed by atoms with Crippen molar-refractivity contribution in [1.82, 2.24) is 0 Å². The Hall–Kier alpha value is 0.610. The van der Waals surface area contributed by atoms with Crippen LogP contribution in [0.15, 0.2) is 0 Å². The Bertz CT molecular complexity index is 131. The highest BCUT2D eigenvalue weighted by Gasteiger charge is 2.30. The van der Waals surface area contributed by atoms with Gasteiger partial charge in [-0.15, -0.1) is 0 Å². The normalized spacial score (nSPS) is 36.8. The van der Waals surface area contributed by atoms with E-state index in [0.717, 1.165) is 17.3 Å². The predicted octanol–water partition coefficient (Wildman–Crippen LogP) is 1.59. The van der Waals surface area contributed by atoms with Crippen LogP contribution in [0, 0.1) is 0 Å². The molecule has 72 valence electrons. The van der Waals surface area contributed by atoms with Gasteiger partial charge in [0.15, 0.2) is 6.29 Å². The Morgan fingerprint density at radius 1 is 1.33 bits per heavy atom. The summed E-state index contributed by atoms with van der Waals surface area (Å²) in [5.41, 5.74) is 0. The van der Waals surface area contributed by atoms with Gasteiger partial charge in [0, 0.05) is 25.1 Å². The molecule has 0 bridgehead atoms. The van der Waals surface area contributed by atoms with Crippen LogP contribution in [-0.2, 0) is 14.2 Å². The lowest BCUT2D eigenvalue weighted by Crippen LogP contribution is -2.41. The minimum absolute atomic E-state index is 0.0313. The Morgan fingerprint density at radius 2 is 2.08 bits per heavy atom. The highest BCUT2D eigenvalue weighted by molar-refractivity contribution is 14.1. The van der Waals surface area contributed by atoms with Crippen LogP contribution in [0.1, 0.15) is 12.8 Å². The van der Waals surface area contributed by atoms with Crippen LogP contribution in [0.2, 0.25) is 0 Å². The van der Waals surface area contributed by atoms with Crippen molar-refractivity contribution in [3.8, 4) is 0 Å². The molecule has 1 rings (SSSR count). The molecule has 3 atom stereocenters. The predicted molar refractivity (Wildman–Crippen MR) is 54.6 cm³/mol. The molecule has 1 aliphatic heterocycles. The van der Waals surface area contributed by atoms with Gasteiger partial charge in [0.05, 0.1) is 12.2 Å². The largest absolute Gasteiger partial charge is 0.379 e. The van der Waals surface area contributed by atoms with E-state index in [4.69, 9.17) is 14.2 Å². The maximum atomic E-state index is 5.63. The quantitative estimate of drug-likeness (QED) is 0.582. The molecule has 1 heterocycles. The average Bonchev–Trinajstić information content (AvgIpc) is 2.16. The van der Waals surface area contributed by atoms with Gasteiger partial charge in [-0.3, -0.25) is 0 Å². The van der Waals surface area contributed by atoms with Crippen LogP contribution < -0.4 is 0 Å². The third-order valence-corrected chi connectivity index (χ3v) is 3.01. The average molecular weight is 286 g/mol. The second-order valence-corrected chi connectivity index (χ2v) is 3.73. The SMILES string of the molecule is CO[C@@H]1CC[C@H](OC)[C@@H](CI)O1. The van der Waals surface area contributed by atoms with Gasteiger partial charge >= 0.3 is 0 Å². The maximum absolute atomic E-state index is 5.63. The fraction of sp³-hybridized carbons (Fsp3) is 1.00. The van der Waals surface area contributed by atoms with Crippen molar-refractivity contribution in [3.63, 3.8) is 0 Å². The van der Waals surface area contributed by atoms with Gasteiger partial charge in [0.2, 0.25) is 0 Å². The summed E-state index contributed by atoms with van der Waals surface area (Å²) >= 11 is 2.31. The van der Waals surface area contributed by atoms with E-state index in [9.17, 15) is 0 Å². The number of alkyl halides is 1. The van der Waals surface area contributed by atoms with Crippen molar-refractivity contribution in [2.45, 2.75) is 31.3 Å². The molecule has 0 N–H and O–H groups in total. The topological polar surface area (TPSA) is 27.7 Å². The lowest BCUT2D eigenvalue weighted by molar-refractivity contribution is -0.208. The second-order valence-electron chi connectivity index (χ2n) is 2.85. The molecular weight excluding hydrogens is 271 g/mol. The molecule has 0 aliphatic carbocycles. The summed E-state index contributed by atoms with van der Waals surface area (Å²) in [6, 6.07) is 0. The van der Waals surface area contributed by atoms with E-state index in [1.807, 2.05) is 0 Å². The zero-order valence-electron chi connectivity index (χ0n) is 7.46. The minimum atomic E-state index is -0.0313. The number of halogens is 1. The first-order valence-electron chi connectivity index (χ1n) is 4.08. The number of ether oxygens (including phenoxy) is 3. The lowest BCUT2D eigenvalue weighted by Gasteiger charge is -2.33. The van der Waals surface area contributed by atoms with Crippen molar-refractivity contribution in [2.75, 3.05) is 18.6 Å².